The van der Waals surface area contributed by atoms with Gasteiger partial charge in [-0.3, -0.25) is 4.79 Å². The Morgan fingerprint density at radius 3 is 2.74 bits per heavy atom. The summed E-state index contributed by atoms with van der Waals surface area (Å²) in [5, 5.41) is 0.734. The molecule has 1 heterocycles. The molecular formula is C19H25ClO3. The van der Waals surface area contributed by atoms with Crippen molar-refractivity contribution >= 4 is 17.4 Å². The van der Waals surface area contributed by atoms with Gasteiger partial charge in [-0.1, -0.05) is 30.7 Å². The number of carbonyl (C=O) groups is 1. The smallest absolute Gasteiger partial charge is 0.157 e. The molecule has 4 heteroatoms. The van der Waals surface area contributed by atoms with Crippen LogP contribution in [0.1, 0.15) is 44.6 Å². The molecule has 0 aromatic heterocycles. The quantitative estimate of drug-likeness (QED) is 0.799. The van der Waals surface area contributed by atoms with Crippen molar-refractivity contribution in [1.29, 1.82) is 0 Å². The molecule has 0 radical (unpaired) electrons. The van der Waals surface area contributed by atoms with Crippen LogP contribution in [0.2, 0.25) is 5.02 Å². The van der Waals surface area contributed by atoms with Crippen molar-refractivity contribution in [3.05, 3.63) is 34.9 Å². The van der Waals surface area contributed by atoms with E-state index < -0.39 is 0 Å². The molecule has 1 aromatic carbocycles. The minimum absolute atomic E-state index is 0.0945. The molecule has 2 aliphatic rings. The average Bonchev–Trinajstić information content (AvgIpc) is 2.85. The van der Waals surface area contributed by atoms with Crippen LogP contribution < -0.4 is 0 Å². The van der Waals surface area contributed by atoms with Crippen LogP contribution >= 0.6 is 11.6 Å². The second kappa shape index (κ2) is 7.33. The Labute approximate surface area is 143 Å². The summed E-state index contributed by atoms with van der Waals surface area (Å²) in [6, 6.07) is 7.80. The van der Waals surface area contributed by atoms with Crippen LogP contribution in [0.15, 0.2) is 24.3 Å². The van der Waals surface area contributed by atoms with Gasteiger partial charge in [0.05, 0.1) is 6.61 Å². The highest BCUT2D eigenvalue weighted by molar-refractivity contribution is 6.30. The number of hydrogen-bond donors (Lipinski definition) is 0. The predicted octanol–water partition coefficient (Wildman–Crippen LogP) is 4.41. The molecular weight excluding hydrogens is 312 g/mol. The normalized spacial score (nSPS) is 31.5. The molecule has 2 fully saturated rings. The van der Waals surface area contributed by atoms with Gasteiger partial charge >= 0.3 is 0 Å². The number of Topliss-reactive ketones (excluding diaryl/α,β-unsaturated/α-hetero) is 1. The molecule has 1 saturated heterocycles. The van der Waals surface area contributed by atoms with Gasteiger partial charge in [-0.15, -0.1) is 0 Å². The number of ether oxygens (including phenoxy) is 2. The molecule has 3 atom stereocenters. The van der Waals surface area contributed by atoms with Crippen molar-refractivity contribution in [1.82, 2.24) is 0 Å². The molecule has 0 N–H and O–H groups in total. The monoisotopic (exact) mass is 336 g/mol. The summed E-state index contributed by atoms with van der Waals surface area (Å²) < 4.78 is 11.5. The third kappa shape index (κ3) is 4.14. The minimum atomic E-state index is -0.363. The number of ketones is 1. The van der Waals surface area contributed by atoms with Gasteiger partial charge in [0.15, 0.2) is 6.29 Å². The van der Waals surface area contributed by atoms with Crippen LogP contribution in [-0.2, 0) is 20.7 Å². The van der Waals surface area contributed by atoms with Crippen molar-refractivity contribution in [2.75, 3.05) is 13.2 Å². The Morgan fingerprint density at radius 2 is 2.04 bits per heavy atom. The van der Waals surface area contributed by atoms with E-state index in [1.165, 1.54) is 5.56 Å². The molecule has 23 heavy (non-hydrogen) atoms. The van der Waals surface area contributed by atoms with Crippen molar-refractivity contribution in [3.8, 4) is 0 Å². The summed E-state index contributed by atoms with van der Waals surface area (Å²) in [7, 11) is 0. The highest BCUT2D eigenvalue weighted by Gasteiger charge is 2.44. The van der Waals surface area contributed by atoms with Gasteiger partial charge in [-0.2, -0.15) is 0 Å². The molecule has 1 saturated carbocycles. The maximum Gasteiger partial charge on any atom is 0.157 e. The zero-order valence-electron chi connectivity index (χ0n) is 13.7. The SMILES string of the molecule is CC1(COC2CCCCO2)CCC(Cc2ccc(Cl)cc2)C1=O. The Morgan fingerprint density at radius 1 is 1.26 bits per heavy atom. The first kappa shape index (κ1) is 16.9. The third-order valence-electron chi connectivity index (χ3n) is 5.13. The molecule has 0 bridgehead atoms. The topological polar surface area (TPSA) is 35.5 Å². The van der Waals surface area contributed by atoms with E-state index in [2.05, 4.69) is 0 Å². The number of halogens is 1. The van der Waals surface area contributed by atoms with E-state index in [1.54, 1.807) is 0 Å². The van der Waals surface area contributed by atoms with Crippen molar-refractivity contribution < 1.29 is 14.3 Å². The van der Waals surface area contributed by atoms with Gasteiger partial charge in [-0.25, -0.2) is 0 Å². The largest absolute Gasteiger partial charge is 0.353 e. The summed E-state index contributed by atoms with van der Waals surface area (Å²) >= 11 is 5.92. The maximum absolute atomic E-state index is 12.8. The standard InChI is InChI=1S/C19H25ClO3/c1-19(13-23-17-4-2-3-11-22-17)10-9-15(18(19)21)12-14-5-7-16(20)8-6-14/h5-8,15,17H,2-4,9-13H2,1H3. The summed E-state index contributed by atoms with van der Waals surface area (Å²) in [6.45, 7) is 3.29. The summed E-state index contributed by atoms with van der Waals surface area (Å²) in [5.74, 6) is 0.431. The van der Waals surface area contributed by atoms with Crippen LogP contribution in [0, 0.1) is 11.3 Å². The van der Waals surface area contributed by atoms with E-state index in [0.29, 0.717) is 12.4 Å². The lowest BCUT2D eigenvalue weighted by Gasteiger charge is -2.28. The van der Waals surface area contributed by atoms with Crippen LogP contribution in [-0.4, -0.2) is 25.3 Å². The first-order chi connectivity index (χ1) is 11.1. The van der Waals surface area contributed by atoms with Gasteiger partial charge in [0.25, 0.3) is 0 Å². The van der Waals surface area contributed by atoms with E-state index >= 15 is 0 Å². The Kier molecular flexibility index (Phi) is 5.40. The first-order valence-electron chi connectivity index (χ1n) is 8.59. The Bertz CT molecular complexity index is 536. The summed E-state index contributed by atoms with van der Waals surface area (Å²) in [6.07, 6.45) is 5.71. The van der Waals surface area contributed by atoms with Gasteiger partial charge in [-0.05, 0) is 56.2 Å². The third-order valence-corrected chi connectivity index (χ3v) is 5.38. The summed E-state index contributed by atoms with van der Waals surface area (Å²) in [5.41, 5.74) is 0.811. The fourth-order valence-corrected chi connectivity index (χ4v) is 3.73. The molecule has 1 aliphatic heterocycles. The average molecular weight is 337 g/mol. The second-order valence-electron chi connectivity index (χ2n) is 7.10. The van der Waals surface area contributed by atoms with E-state index in [0.717, 1.165) is 50.2 Å². The number of rotatable bonds is 5. The van der Waals surface area contributed by atoms with E-state index in [-0.39, 0.29) is 17.6 Å². The zero-order chi connectivity index (χ0) is 16.3. The Hall–Kier alpha value is -0.900. The lowest BCUT2D eigenvalue weighted by atomic mass is 9.86. The van der Waals surface area contributed by atoms with Crippen molar-refractivity contribution in [2.24, 2.45) is 11.3 Å². The molecule has 3 nitrogen and oxygen atoms in total. The van der Waals surface area contributed by atoms with Crippen LogP contribution in [0.5, 0.6) is 0 Å². The van der Waals surface area contributed by atoms with Crippen LogP contribution in [0.3, 0.4) is 0 Å². The lowest BCUT2D eigenvalue weighted by Crippen LogP contribution is -2.34. The zero-order valence-corrected chi connectivity index (χ0v) is 14.5. The van der Waals surface area contributed by atoms with E-state index in [9.17, 15) is 4.79 Å². The van der Waals surface area contributed by atoms with Gasteiger partial charge in [0, 0.05) is 23.0 Å². The fraction of sp³-hybridized carbons (Fsp3) is 0.632. The molecule has 126 valence electrons. The van der Waals surface area contributed by atoms with Gasteiger partial charge in [0.1, 0.15) is 5.78 Å². The van der Waals surface area contributed by atoms with Crippen LogP contribution in [0.25, 0.3) is 0 Å². The van der Waals surface area contributed by atoms with Gasteiger partial charge < -0.3 is 9.47 Å². The molecule has 0 amide bonds. The molecule has 1 aliphatic carbocycles. The number of carbonyl (C=O) groups excluding carboxylic acids is 1. The predicted molar refractivity (Wildman–Crippen MR) is 90.5 cm³/mol. The maximum atomic E-state index is 12.8. The van der Waals surface area contributed by atoms with Gasteiger partial charge in [0.2, 0.25) is 0 Å². The Balaban J connectivity index is 1.55. The minimum Gasteiger partial charge on any atom is -0.353 e. The summed E-state index contributed by atoms with van der Waals surface area (Å²) in [4.78, 5) is 12.8. The number of hydrogen-bond acceptors (Lipinski definition) is 3. The first-order valence-corrected chi connectivity index (χ1v) is 8.97. The van der Waals surface area contributed by atoms with Crippen molar-refractivity contribution in [3.63, 3.8) is 0 Å². The fourth-order valence-electron chi connectivity index (χ4n) is 3.60. The van der Waals surface area contributed by atoms with E-state index in [1.807, 2.05) is 31.2 Å². The van der Waals surface area contributed by atoms with Crippen molar-refractivity contribution in [2.45, 2.75) is 51.7 Å². The highest BCUT2D eigenvalue weighted by Crippen LogP contribution is 2.40. The lowest BCUT2D eigenvalue weighted by molar-refractivity contribution is -0.179. The van der Waals surface area contributed by atoms with Crippen LogP contribution in [0.4, 0.5) is 0 Å². The molecule has 3 unspecified atom stereocenters. The van der Waals surface area contributed by atoms with E-state index in [4.69, 9.17) is 21.1 Å². The second-order valence-corrected chi connectivity index (χ2v) is 7.53. The number of benzene rings is 1. The highest BCUT2D eigenvalue weighted by atomic mass is 35.5. The molecule has 0 spiro atoms. The molecule has 1 aromatic rings. The molecule has 3 rings (SSSR count).